The zero-order valence-corrected chi connectivity index (χ0v) is 7.92. The molecule has 0 spiro atoms. The van der Waals surface area contributed by atoms with E-state index in [1.54, 1.807) is 0 Å². The van der Waals surface area contributed by atoms with Crippen LogP contribution < -0.4 is 5.32 Å². The highest BCUT2D eigenvalue weighted by molar-refractivity contribution is 4.74. The molecular formula is C9H20N2O. The zero-order chi connectivity index (χ0) is 8.81. The van der Waals surface area contributed by atoms with Crippen molar-refractivity contribution in [2.75, 3.05) is 33.3 Å². The summed E-state index contributed by atoms with van der Waals surface area (Å²) in [6.07, 6.45) is 3.39. The highest BCUT2D eigenvalue weighted by Crippen LogP contribution is 2.07. The number of nitrogens with zero attached hydrogens (tertiary/aromatic N) is 1. The first-order chi connectivity index (χ1) is 5.83. The molecule has 0 aromatic heterocycles. The second-order valence-electron chi connectivity index (χ2n) is 3.61. The Kier molecular flexibility index (Phi) is 4.58. The standard InChI is InChI=1S/C9H20N2O/c1-11-6-3-9(4-7-11)10-5-2-8-12/h9-10,12H,2-8H2,1H3. The van der Waals surface area contributed by atoms with Gasteiger partial charge in [-0.15, -0.1) is 0 Å². The van der Waals surface area contributed by atoms with E-state index in [-0.39, 0.29) is 0 Å². The van der Waals surface area contributed by atoms with Crippen LogP contribution in [0.4, 0.5) is 0 Å². The van der Waals surface area contributed by atoms with Crippen molar-refractivity contribution in [2.24, 2.45) is 0 Å². The molecule has 12 heavy (non-hydrogen) atoms. The molecule has 1 rings (SSSR count). The average molecular weight is 172 g/mol. The van der Waals surface area contributed by atoms with E-state index in [1.807, 2.05) is 0 Å². The third-order valence-electron chi connectivity index (χ3n) is 2.49. The molecule has 0 saturated carbocycles. The first kappa shape index (κ1) is 9.96. The molecule has 2 N–H and O–H groups in total. The number of nitrogens with one attached hydrogen (secondary N) is 1. The minimum atomic E-state index is 0.305. The Morgan fingerprint density at radius 1 is 1.42 bits per heavy atom. The van der Waals surface area contributed by atoms with Gasteiger partial charge >= 0.3 is 0 Å². The van der Waals surface area contributed by atoms with Gasteiger partial charge in [-0.3, -0.25) is 0 Å². The van der Waals surface area contributed by atoms with Crippen molar-refractivity contribution >= 4 is 0 Å². The smallest absolute Gasteiger partial charge is 0.0443 e. The average Bonchev–Trinajstić information content (AvgIpc) is 2.09. The van der Waals surface area contributed by atoms with Crippen molar-refractivity contribution in [1.82, 2.24) is 10.2 Å². The van der Waals surface area contributed by atoms with Crippen LogP contribution in [0, 0.1) is 0 Å². The Hall–Kier alpha value is -0.120. The molecule has 1 aliphatic rings. The molecule has 0 radical (unpaired) electrons. The number of hydrogen-bond donors (Lipinski definition) is 2. The van der Waals surface area contributed by atoms with Gasteiger partial charge in [0.1, 0.15) is 0 Å². The fraction of sp³-hybridized carbons (Fsp3) is 1.00. The highest BCUT2D eigenvalue weighted by Gasteiger charge is 2.14. The quantitative estimate of drug-likeness (QED) is 0.588. The molecule has 1 heterocycles. The summed E-state index contributed by atoms with van der Waals surface area (Å²) in [5, 5.41) is 12.0. The fourth-order valence-electron chi connectivity index (χ4n) is 1.60. The molecule has 0 aromatic rings. The molecule has 1 saturated heterocycles. The molecule has 0 unspecified atom stereocenters. The Labute approximate surface area is 74.8 Å². The maximum atomic E-state index is 8.59. The van der Waals surface area contributed by atoms with Crippen LogP contribution in [0.1, 0.15) is 19.3 Å². The van der Waals surface area contributed by atoms with Gasteiger partial charge in [-0.2, -0.15) is 0 Å². The van der Waals surface area contributed by atoms with Gasteiger partial charge in [0, 0.05) is 12.6 Å². The van der Waals surface area contributed by atoms with Crippen LogP contribution in [-0.4, -0.2) is 49.3 Å². The van der Waals surface area contributed by atoms with E-state index in [4.69, 9.17) is 5.11 Å². The van der Waals surface area contributed by atoms with E-state index in [0.717, 1.165) is 13.0 Å². The predicted molar refractivity (Wildman–Crippen MR) is 50.2 cm³/mol. The Morgan fingerprint density at radius 2 is 2.08 bits per heavy atom. The van der Waals surface area contributed by atoms with Crippen molar-refractivity contribution in [1.29, 1.82) is 0 Å². The van der Waals surface area contributed by atoms with Crippen molar-refractivity contribution in [2.45, 2.75) is 25.3 Å². The van der Waals surface area contributed by atoms with E-state index in [9.17, 15) is 0 Å². The van der Waals surface area contributed by atoms with Gasteiger partial charge in [0.2, 0.25) is 0 Å². The molecule has 0 aliphatic carbocycles. The number of rotatable bonds is 4. The van der Waals surface area contributed by atoms with Crippen LogP contribution >= 0.6 is 0 Å². The summed E-state index contributed by atoms with van der Waals surface area (Å²) >= 11 is 0. The van der Waals surface area contributed by atoms with Gasteiger partial charge in [0.15, 0.2) is 0 Å². The van der Waals surface area contributed by atoms with Crippen molar-refractivity contribution in [3.05, 3.63) is 0 Å². The second-order valence-corrected chi connectivity index (χ2v) is 3.61. The van der Waals surface area contributed by atoms with Crippen LogP contribution in [0.2, 0.25) is 0 Å². The van der Waals surface area contributed by atoms with Crippen LogP contribution in [-0.2, 0) is 0 Å². The zero-order valence-electron chi connectivity index (χ0n) is 7.92. The molecule has 3 heteroatoms. The third kappa shape index (κ3) is 3.52. The number of piperidine rings is 1. The number of likely N-dealkylation sites (tertiary alicyclic amines) is 1. The third-order valence-corrected chi connectivity index (χ3v) is 2.49. The number of hydrogen-bond acceptors (Lipinski definition) is 3. The number of aliphatic hydroxyl groups excluding tert-OH is 1. The van der Waals surface area contributed by atoms with Gasteiger partial charge in [0.05, 0.1) is 0 Å². The lowest BCUT2D eigenvalue weighted by Gasteiger charge is -2.29. The SMILES string of the molecule is CN1CCC(NCCCO)CC1. The van der Waals surface area contributed by atoms with Gasteiger partial charge in [0.25, 0.3) is 0 Å². The summed E-state index contributed by atoms with van der Waals surface area (Å²) in [5.41, 5.74) is 0. The highest BCUT2D eigenvalue weighted by atomic mass is 16.3. The molecule has 0 aromatic carbocycles. The molecule has 0 atom stereocenters. The van der Waals surface area contributed by atoms with Crippen LogP contribution in [0.25, 0.3) is 0 Å². The lowest BCUT2D eigenvalue weighted by Crippen LogP contribution is -2.41. The minimum absolute atomic E-state index is 0.305. The van der Waals surface area contributed by atoms with Gasteiger partial charge < -0.3 is 15.3 Å². The summed E-state index contributed by atoms with van der Waals surface area (Å²) in [4.78, 5) is 2.37. The van der Waals surface area contributed by atoms with Crippen LogP contribution in [0.15, 0.2) is 0 Å². The Morgan fingerprint density at radius 3 is 2.67 bits per heavy atom. The van der Waals surface area contributed by atoms with E-state index in [2.05, 4.69) is 17.3 Å². The first-order valence-electron chi connectivity index (χ1n) is 4.85. The van der Waals surface area contributed by atoms with Gasteiger partial charge in [-0.05, 0) is 45.9 Å². The second kappa shape index (κ2) is 5.51. The molecule has 1 aliphatic heterocycles. The maximum absolute atomic E-state index is 8.59. The lowest BCUT2D eigenvalue weighted by atomic mass is 10.1. The summed E-state index contributed by atoms with van der Waals surface area (Å²) < 4.78 is 0. The molecule has 0 amide bonds. The van der Waals surface area contributed by atoms with Crippen molar-refractivity contribution in [3.8, 4) is 0 Å². The largest absolute Gasteiger partial charge is 0.396 e. The fourth-order valence-corrected chi connectivity index (χ4v) is 1.60. The Bertz CT molecular complexity index is 111. The van der Waals surface area contributed by atoms with E-state index < -0.39 is 0 Å². The molecule has 72 valence electrons. The predicted octanol–water partition coefficient (Wildman–Crippen LogP) is 0.0526. The van der Waals surface area contributed by atoms with Crippen molar-refractivity contribution in [3.63, 3.8) is 0 Å². The Balaban J connectivity index is 2.01. The number of aliphatic hydroxyl groups is 1. The summed E-state index contributed by atoms with van der Waals surface area (Å²) in [5.74, 6) is 0. The van der Waals surface area contributed by atoms with E-state index in [1.165, 1.54) is 25.9 Å². The van der Waals surface area contributed by atoms with Crippen LogP contribution in [0.3, 0.4) is 0 Å². The maximum Gasteiger partial charge on any atom is 0.0443 e. The molecule has 0 bridgehead atoms. The minimum Gasteiger partial charge on any atom is -0.396 e. The van der Waals surface area contributed by atoms with Crippen molar-refractivity contribution < 1.29 is 5.11 Å². The van der Waals surface area contributed by atoms with Gasteiger partial charge in [-0.1, -0.05) is 0 Å². The summed E-state index contributed by atoms with van der Waals surface area (Å²) in [7, 11) is 2.17. The van der Waals surface area contributed by atoms with E-state index >= 15 is 0 Å². The van der Waals surface area contributed by atoms with Crippen LogP contribution in [0.5, 0.6) is 0 Å². The molecular weight excluding hydrogens is 152 g/mol. The molecule has 1 fully saturated rings. The van der Waals surface area contributed by atoms with E-state index in [0.29, 0.717) is 12.6 Å². The first-order valence-corrected chi connectivity index (χ1v) is 4.85. The van der Waals surface area contributed by atoms with Gasteiger partial charge in [-0.25, -0.2) is 0 Å². The lowest BCUT2D eigenvalue weighted by molar-refractivity contribution is 0.228. The summed E-state index contributed by atoms with van der Waals surface area (Å²) in [6.45, 7) is 3.68. The molecule has 3 nitrogen and oxygen atoms in total. The monoisotopic (exact) mass is 172 g/mol. The topological polar surface area (TPSA) is 35.5 Å². The summed E-state index contributed by atoms with van der Waals surface area (Å²) in [6, 6.07) is 0.688. The normalized spacial score (nSPS) is 21.5.